The molecule has 0 unspecified atom stereocenters. The van der Waals surface area contributed by atoms with E-state index >= 15 is 0 Å². The molecular formula is C20H18F3N3O3. The Morgan fingerprint density at radius 2 is 2.07 bits per heavy atom. The van der Waals surface area contributed by atoms with Crippen LogP contribution >= 0.6 is 0 Å². The molecule has 3 heterocycles. The van der Waals surface area contributed by atoms with Crippen LogP contribution < -0.4 is 0 Å². The maximum atomic E-state index is 13.6. The Balaban J connectivity index is 1.75. The van der Waals surface area contributed by atoms with Crippen molar-refractivity contribution < 1.29 is 27.4 Å². The fourth-order valence-electron chi connectivity index (χ4n) is 3.20. The molecule has 29 heavy (non-hydrogen) atoms. The summed E-state index contributed by atoms with van der Waals surface area (Å²) in [5.74, 6) is -0.780. The first kappa shape index (κ1) is 19.4. The molecule has 1 atom stereocenters. The zero-order valence-electron chi connectivity index (χ0n) is 15.6. The summed E-state index contributed by atoms with van der Waals surface area (Å²) in [6.45, 7) is 2.52. The molecule has 1 saturated heterocycles. The average molecular weight is 405 g/mol. The number of ether oxygens (including phenoxy) is 2. The summed E-state index contributed by atoms with van der Waals surface area (Å²) >= 11 is 0. The minimum atomic E-state index is -4.68. The highest BCUT2D eigenvalue weighted by Gasteiger charge is 2.36. The lowest BCUT2D eigenvalue weighted by molar-refractivity contribution is -0.142. The van der Waals surface area contributed by atoms with Gasteiger partial charge in [0.15, 0.2) is 11.3 Å². The average Bonchev–Trinajstić information content (AvgIpc) is 3.35. The normalized spacial score (nSPS) is 17.0. The van der Waals surface area contributed by atoms with Crippen LogP contribution in [0.4, 0.5) is 13.2 Å². The largest absolute Gasteiger partial charge is 0.459 e. The molecule has 152 valence electrons. The van der Waals surface area contributed by atoms with E-state index in [1.165, 1.54) is 0 Å². The second-order valence-electron chi connectivity index (χ2n) is 6.92. The van der Waals surface area contributed by atoms with Crippen LogP contribution in [-0.4, -0.2) is 39.9 Å². The monoisotopic (exact) mass is 405 g/mol. The van der Waals surface area contributed by atoms with Crippen LogP contribution in [0.25, 0.3) is 16.9 Å². The summed E-state index contributed by atoms with van der Waals surface area (Å²) in [6, 6.07) is 7.84. The lowest BCUT2D eigenvalue weighted by atomic mass is 10.1. The zero-order valence-corrected chi connectivity index (χ0v) is 15.6. The Morgan fingerprint density at radius 3 is 2.72 bits per heavy atom. The van der Waals surface area contributed by atoms with Crippen molar-refractivity contribution in [1.82, 2.24) is 14.6 Å². The summed E-state index contributed by atoms with van der Waals surface area (Å²) in [5.41, 5.74) is 0.224. The lowest BCUT2D eigenvalue weighted by Gasteiger charge is -2.12. The van der Waals surface area contributed by atoms with Gasteiger partial charge in [0.1, 0.15) is 12.2 Å². The molecule has 6 nitrogen and oxygen atoms in total. The number of hydrogen-bond acceptors (Lipinski definition) is 5. The van der Waals surface area contributed by atoms with Crippen LogP contribution in [0.2, 0.25) is 0 Å². The Morgan fingerprint density at radius 1 is 1.31 bits per heavy atom. The highest BCUT2D eigenvalue weighted by atomic mass is 19.4. The number of carbonyl (C=O) groups is 1. The van der Waals surface area contributed by atoms with Gasteiger partial charge in [0.25, 0.3) is 0 Å². The van der Waals surface area contributed by atoms with E-state index in [0.29, 0.717) is 16.7 Å². The number of carbonyl (C=O) groups excluding carboxylic acids is 1. The van der Waals surface area contributed by atoms with Gasteiger partial charge in [0.05, 0.1) is 18.0 Å². The van der Waals surface area contributed by atoms with Crippen LogP contribution in [0.3, 0.4) is 0 Å². The van der Waals surface area contributed by atoms with Crippen molar-refractivity contribution in [3.63, 3.8) is 0 Å². The number of rotatable bonds is 4. The number of hydrogen-bond donors (Lipinski definition) is 0. The molecule has 1 aliphatic heterocycles. The quantitative estimate of drug-likeness (QED) is 0.613. The standard InChI is InChI=1S/C20H18F3N3O3/c1-12-4-6-13(7-5-12)16-9-17(20(21,22)23)26-18(25-16)15(10-24-26)19(27)29-11-14-3-2-8-28-14/h4-7,9-10,14H,2-3,8,11H2,1H3/t14-/m0/s1. The van der Waals surface area contributed by atoms with Crippen molar-refractivity contribution in [2.45, 2.75) is 32.0 Å². The van der Waals surface area contributed by atoms with E-state index in [1.54, 1.807) is 24.3 Å². The highest BCUT2D eigenvalue weighted by Crippen LogP contribution is 2.33. The Kier molecular flexibility index (Phi) is 4.99. The molecule has 1 fully saturated rings. The van der Waals surface area contributed by atoms with Crippen molar-refractivity contribution >= 4 is 11.6 Å². The van der Waals surface area contributed by atoms with Crippen molar-refractivity contribution in [3.8, 4) is 11.3 Å². The van der Waals surface area contributed by atoms with Gasteiger partial charge in [-0.25, -0.2) is 14.3 Å². The molecule has 0 saturated carbocycles. The van der Waals surface area contributed by atoms with E-state index < -0.39 is 17.8 Å². The lowest BCUT2D eigenvalue weighted by Crippen LogP contribution is -2.18. The predicted octanol–water partition coefficient (Wildman–Crippen LogP) is 4.06. The molecule has 4 rings (SSSR count). The third-order valence-electron chi connectivity index (χ3n) is 4.75. The van der Waals surface area contributed by atoms with E-state index in [0.717, 1.165) is 30.7 Å². The SMILES string of the molecule is Cc1ccc(-c2cc(C(F)(F)F)n3ncc(C(=O)OC[C@@H]4CCCO4)c3n2)cc1. The minimum absolute atomic E-state index is 0.0416. The third-order valence-corrected chi connectivity index (χ3v) is 4.75. The van der Waals surface area contributed by atoms with Gasteiger partial charge in [0, 0.05) is 12.2 Å². The maximum Gasteiger partial charge on any atom is 0.433 e. The van der Waals surface area contributed by atoms with E-state index in [9.17, 15) is 18.0 Å². The zero-order chi connectivity index (χ0) is 20.6. The Labute approximate surface area is 164 Å². The predicted molar refractivity (Wildman–Crippen MR) is 97.4 cm³/mol. The van der Waals surface area contributed by atoms with E-state index in [2.05, 4.69) is 10.1 Å². The minimum Gasteiger partial charge on any atom is -0.459 e. The number of benzene rings is 1. The molecule has 0 spiro atoms. The van der Waals surface area contributed by atoms with E-state index in [4.69, 9.17) is 9.47 Å². The molecule has 0 N–H and O–H groups in total. The van der Waals surface area contributed by atoms with Gasteiger partial charge in [-0.05, 0) is 25.8 Å². The third kappa shape index (κ3) is 3.95. The van der Waals surface area contributed by atoms with Gasteiger partial charge in [-0.2, -0.15) is 18.3 Å². The van der Waals surface area contributed by atoms with Crippen molar-refractivity contribution in [2.24, 2.45) is 0 Å². The first-order valence-corrected chi connectivity index (χ1v) is 9.14. The fourth-order valence-corrected chi connectivity index (χ4v) is 3.20. The Bertz CT molecular complexity index is 1040. The highest BCUT2D eigenvalue weighted by molar-refractivity contribution is 5.96. The molecule has 2 aromatic heterocycles. The maximum absolute atomic E-state index is 13.6. The van der Waals surface area contributed by atoms with Crippen molar-refractivity contribution in [2.75, 3.05) is 13.2 Å². The van der Waals surface area contributed by atoms with E-state index in [1.807, 2.05) is 6.92 Å². The molecule has 0 bridgehead atoms. The molecule has 3 aromatic rings. The number of nitrogens with zero attached hydrogens (tertiary/aromatic N) is 3. The van der Waals surface area contributed by atoms with Gasteiger partial charge in [0.2, 0.25) is 0 Å². The molecule has 1 aromatic carbocycles. The van der Waals surface area contributed by atoms with Gasteiger partial charge in [-0.15, -0.1) is 0 Å². The van der Waals surface area contributed by atoms with Gasteiger partial charge < -0.3 is 9.47 Å². The molecule has 0 amide bonds. The van der Waals surface area contributed by atoms with Gasteiger partial charge in [-0.1, -0.05) is 29.8 Å². The summed E-state index contributed by atoms with van der Waals surface area (Å²) in [4.78, 5) is 16.8. The van der Waals surface area contributed by atoms with Crippen molar-refractivity contribution in [1.29, 1.82) is 0 Å². The Hall–Kier alpha value is -2.94. The van der Waals surface area contributed by atoms with Gasteiger partial charge in [-0.3, -0.25) is 0 Å². The summed E-state index contributed by atoms with van der Waals surface area (Å²) < 4.78 is 52.1. The molecule has 1 aliphatic rings. The smallest absolute Gasteiger partial charge is 0.433 e. The number of aryl methyl sites for hydroxylation is 1. The van der Waals surface area contributed by atoms with Crippen LogP contribution in [0.15, 0.2) is 36.5 Å². The first-order valence-electron chi connectivity index (χ1n) is 9.14. The summed E-state index contributed by atoms with van der Waals surface area (Å²) in [6.07, 6.45) is -2.16. The fraction of sp³-hybridized carbons (Fsp3) is 0.350. The number of esters is 1. The topological polar surface area (TPSA) is 65.7 Å². The number of fused-ring (bicyclic) bond motifs is 1. The summed E-state index contributed by atoms with van der Waals surface area (Å²) in [5, 5.41) is 3.74. The van der Waals surface area contributed by atoms with E-state index in [-0.39, 0.29) is 29.6 Å². The number of alkyl halides is 3. The number of aromatic nitrogens is 3. The number of halogens is 3. The molecule has 0 radical (unpaired) electrons. The molecule has 9 heteroatoms. The second kappa shape index (κ2) is 7.47. The van der Waals surface area contributed by atoms with Crippen molar-refractivity contribution in [3.05, 3.63) is 53.3 Å². The molecule has 0 aliphatic carbocycles. The first-order chi connectivity index (χ1) is 13.8. The van der Waals surface area contributed by atoms with Gasteiger partial charge >= 0.3 is 12.1 Å². The second-order valence-corrected chi connectivity index (χ2v) is 6.92. The van der Waals surface area contributed by atoms with Crippen LogP contribution in [-0.2, 0) is 15.7 Å². The molecular weight excluding hydrogens is 387 g/mol. The van der Waals surface area contributed by atoms with Crippen LogP contribution in [0, 0.1) is 6.92 Å². The summed E-state index contributed by atoms with van der Waals surface area (Å²) in [7, 11) is 0. The van der Waals surface area contributed by atoms with Crippen LogP contribution in [0.1, 0.15) is 34.5 Å². The van der Waals surface area contributed by atoms with Crippen LogP contribution in [0.5, 0.6) is 0 Å².